The van der Waals surface area contributed by atoms with Gasteiger partial charge < -0.3 is 11.1 Å². The number of aryl methyl sites for hydroxylation is 1. The van der Waals surface area contributed by atoms with Crippen LogP contribution in [0.2, 0.25) is 0 Å². The summed E-state index contributed by atoms with van der Waals surface area (Å²) in [6.45, 7) is 2.17. The van der Waals surface area contributed by atoms with Crippen LogP contribution < -0.4 is 11.1 Å². The Morgan fingerprint density at radius 2 is 1.95 bits per heavy atom. The van der Waals surface area contributed by atoms with E-state index in [1.807, 2.05) is 12.1 Å². The summed E-state index contributed by atoms with van der Waals surface area (Å²) in [5.74, 6) is 0.0551. The highest BCUT2D eigenvalue weighted by Crippen LogP contribution is 2.24. The summed E-state index contributed by atoms with van der Waals surface area (Å²) in [7, 11) is 0. The summed E-state index contributed by atoms with van der Waals surface area (Å²) in [5, 5.41) is 2.99. The molecule has 0 spiro atoms. The average molecular weight is 260 g/mol. The molecule has 0 saturated heterocycles. The number of benzene rings is 1. The normalized spacial score (nSPS) is 23.1. The van der Waals surface area contributed by atoms with Crippen LogP contribution in [0, 0.1) is 5.92 Å². The number of carbonyl (C=O) groups is 1. The van der Waals surface area contributed by atoms with Crippen molar-refractivity contribution in [2.75, 3.05) is 5.32 Å². The predicted molar refractivity (Wildman–Crippen MR) is 79.0 cm³/mol. The largest absolute Gasteiger partial charge is 0.327 e. The van der Waals surface area contributed by atoms with E-state index < -0.39 is 0 Å². The van der Waals surface area contributed by atoms with Gasteiger partial charge in [-0.05, 0) is 37.0 Å². The summed E-state index contributed by atoms with van der Waals surface area (Å²) in [6, 6.07) is 8.15. The molecule has 0 radical (unpaired) electrons. The van der Waals surface area contributed by atoms with Crippen LogP contribution in [0.1, 0.15) is 44.6 Å². The molecule has 3 heteroatoms. The Morgan fingerprint density at radius 3 is 2.58 bits per heavy atom. The van der Waals surface area contributed by atoms with Crippen LogP contribution in [0.4, 0.5) is 5.69 Å². The molecule has 2 atom stereocenters. The molecule has 1 saturated carbocycles. The second-order valence-corrected chi connectivity index (χ2v) is 5.49. The van der Waals surface area contributed by atoms with E-state index in [9.17, 15) is 4.79 Å². The van der Waals surface area contributed by atoms with Crippen LogP contribution in [0.15, 0.2) is 24.3 Å². The van der Waals surface area contributed by atoms with Gasteiger partial charge in [-0.1, -0.05) is 38.3 Å². The van der Waals surface area contributed by atoms with Crippen molar-refractivity contribution in [3.05, 3.63) is 29.8 Å². The minimum Gasteiger partial charge on any atom is -0.327 e. The van der Waals surface area contributed by atoms with E-state index in [4.69, 9.17) is 5.73 Å². The third-order valence-electron chi connectivity index (χ3n) is 3.92. The highest BCUT2D eigenvalue weighted by Gasteiger charge is 2.28. The maximum Gasteiger partial charge on any atom is 0.229 e. The Kier molecular flexibility index (Phi) is 4.97. The van der Waals surface area contributed by atoms with Gasteiger partial charge in [0.2, 0.25) is 5.91 Å². The molecule has 2 rings (SSSR count). The highest BCUT2D eigenvalue weighted by molar-refractivity contribution is 5.93. The molecule has 1 fully saturated rings. The Labute approximate surface area is 115 Å². The lowest BCUT2D eigenvalue weighted by molar-refractivity contribution is -0.121. The summed E-state index contributed by atoms with van der Waals surface area (Å²) in [6.07, 6.45) is 6.37. The number of amides is 1. The van der Waals surface area contributed by atoms with Crippen molar-refractivity contribution >= 4 is 11.6 Å². The Bertz CT molecular complexity index is 413. The maximum atomic E-state index is 12.2. The van der Waals surface area contributed by atoms with E-state index in [0.29, 0.717) is 0 Å². The van der Waals surface area contributed by atoms with Crippen molar-refractivity contribution in [1.29, 1.82) is 0 Å². The fraction of sp³-hybridized carbons (Fsp3) is 0.562. The Hall–Kier alpha value is -1.35. The lowest BCUT2D eigenvalue weighted by Gasteiger charge is -2.27. The number of hydrogen-bond donors (Lipinski definition) is 2. The number of hydrogen-bond acceptors (Lipinski definition) is 2. The third-order valence-corrected chi connectivity index (χ3v) is 3.92. The van der Waals surface area contributed by atoms with Gasteiger partial charge in [-0.2, -0.15) is 0 Å². The molecule has 1 aliphatic rings. The van der Waals surface area contributed by atoms with Gasteiger partial charge in [-0.25, -0.2) is 0 Å². The predicted octanol–water partition coefficient (Wildman–Crippen LogP) is 3.10. The molecule has 1 amide bonds. The van der Waals surface area contributed by atoms with Crippen LogP contribution in [-0.4, -0.2) is 11.9 Å². The van der Waals surface area contributed by atoms with Crippen LogP contribution >= 0.6 is 0 Å². The molecular weight excluding hydrogens is 236 g/mol. The van der Waals surface area contributed by atoms with Crippen LogP contribution in [0.3, 0.4) is 0 Å². The van der Waals surface area contributed by atoms with Crippen LogP contribution in [0.5, 0.6) is 0 Å². The van der Waals surface area contributed by atoms with Crippen molar-refractivity contribution in [2.24, 2.45) is 11.7 Å². The molecular formula is C16H24N2O. The smallest absolute Gasteiger partial charge is 0.229 e. The Morgan fingerprint density at radius 1 is 1.26 bits per heavy atom. The van der Waals surface area contributed by atoms with Crippen molar-refractivity contribution in [3.8, 4) is 0 Å². The van der Waals surface area contributed by atoms with E-state index in [0.717, 1.165) is 44.2 Å². The SMILES string of the molecule is CCCc1ccc(NC(=O)C2CCCCC2N)cc1. The molecule has 0 aromatic heterocycles. The van der Waals surface area contributed by atoms with E-state index >= 15 is 0 Å². The summed E-state index contributed by atoms with van der Waals surface area (Å²) < 4.78 is 0. The minimum absolute atomic E-state index is 0.0214. The molecule has 1 aromatic rings. The zero-order valence-corrected chi connectivity index (χ0v) is 11.7. The monoisotopic (exact) mass is 260 g/mol. The number of nitrogens with two attached hydrogens (primary N) is 1. The van der Waals surface area contributed by atoms with Gasteiger partial charge in [0.15, 0.2) is 0 Å². The van der Waals surface area contributed by atoms with Gasteiger partial charge in [-0.15, -0.1) is 0 Å². The number of anilines is 1. The van der Waals surface area contributed by atoms with Crippen LogP contribution in [0.25, 0.3) is 0 Å². The lowest BCUT2D eigenvalue weighted by Crippen LogP contribution is -2.40. The first kappa shape index (κ1) is 14.1. The highest BCUT2D eigenvalue weighted by atomic mass is 16.1. The third kappa shape index (κ3) is 3.80. The van der Waals surface area contributed by atoms with E-state index in [2.05, 4.69) is 24.4 Å². The van der Waals surface area contributed by atoms with Gasteiger partial charge in [0.1, 0.15) is 0 Å². The minimum atomic E-state index is -0.0240. The second kappa shape index (κ2) is 6.71. The van der Waals surface area contributed by atoms with Crippen molar-refractivity contribution in [2.45, 2.75) is 51.5 Å². The van der Waals surface area contributed by atoms with Crippen molar-refractivity contribution in [1.82, 2.24) is 0 Å². The Balaban J connectivity index is 1.94. The van der Waals surface area contributed by atoms with Gasteiger partial charge >= 0.3 is 0 Å². The lowest BCUT2D eigenvalue weighted by atomic mass is 9.84. The molecule has 19 heavy (non-hydrogen) atoms. The maximum absolute atomic E-state index is 12.2. The molecule has 3 N–H and O–H groups in total. The van der Waals surface area contributed by atoms with Crippen molar-refractivity contribution < 1.29 is 4.79 Å². The molecule has 3 nitrogen and oxygen atoms in total. The van der Waals surface area contributed by atoms with Crippen molar-refractivity contribution in [3.63, 3.8) is 0 Å². The fourth-order valence-electron chi connectivity index (χ4n) is 2.76. The van der Waals surface area contributed by atoms with Gasteiger partial charge in [-0.3, -0.25) is 4.79 Å². The quantitative estimate of drug-likeness (QED) is 0.874. The summed E-state index contributed by atoms with van der Waals surface area (Å²) in [5.41, 5.74) is 8.23. The standard InChI is InChI=1S/C16H24N2O/c1-2-5-12-8-10-13(11-9-12)18-16(19)14-6-3-4-7-15(14)17/h8-11,14-15H,2-7,17H2,1H3,(H,18,19). The molecule has 1 aliphatic carbocycles. The second-order valence-electron chi connectivity index (χ2n) is 5.49. The molecule has 0 bridgehead atoms. The van der Waals surface area contributed by atoms with Gasteiger partial charge in [0.05, 0.1) is 5.92 Å². The van der Waals surface area contributed by atoms with E-state index in [1.165, 1.54) is 5.56 Å². The zero-order chi connectivity index (χ0) is 13.7. The molecule has 0 heterocycles. The molecule has 2 unspecified atom stereocenters. The van der Waals surface area contributed by atoms with E-state index in [-0.39, 0.29) is 17.9 Å². The topological polar surface area (TPSA) is 55.1 Å². The van der Waals surface area contributed by atoms with Gasteiger partial charge in [0, 0.05) is 11.7 Å². The first-order chi connectivity index (χ1) is 9.20. The van der Waals surface area contributed by atoms with E-state index in [1.54, 1.807) is 0 Å². The number of rotatable bonds is 4. The fourth-order valence-corrected chi connectivity index (χ4v) is 2.76. The molecule has 0 aliphatic heterocycles. The first-order valence-corrected chi connectivity index (χ1v) is 7.36. The molecule has 104 valence electrons. The van der Waals surface area contributed by atoms with Crippen LogP contribution in [-0.2, 0) is 11.2 Å². The number of carbonyl (C=O) groups excluding carboxylic acids is 1. The summed E-state index contributed by atoms with van der Waals surface area (Å²) >= 11 is 0. The average Bonchev–Trinajstić information content (AvgIpc) is 2.42. The zero-order valence-electron chi connectivity index (χ0n) is 11.7. The number of nitrogens with one attached hydrogen (secondary N) is 1. The molecule has 1 aromatic carbocycles. The first-order valence-electron chi connectivity index (χ1n) is 7.36. The summed E-state index contributed by atoms with van der Waals surface area (Å²) in [4.78, 5) is 12.2. The van der Waals surface area contributed by atoms with Gasteiger partial charge in [0.25, 0.3) is 0 Å².